The van der Waals surface area contributed by atoms with Crippen LogP contribution in [0.4, 0.5) is 0 Å². The summed E-state index contributed by atoms with van der Waals surface area (Å²) in [6, 6.07) is 21.6. The molecule has 0 aliphatic carbocycles. The Hall–Kier alpha value is -3.47. The molecule has 158 valence electrons. The summed E-state index contributed by atoms with van der Waals surface area (Å²) in [7, 11) is 0. The molecule has 1 atom stereocenters. The van der Waals surface area contributed by atoms with E-state index in [0.29, 0.717) is 38.2 Å². The molecule has 2 heterocycles. The predicted octanol–water partition coefficient (Wildman–Crippen LogP) is 3.91. The third-order valence-corrected chi connectivity index (χ3v) is 5.85. The summed E-state index contributed by atoms with van der Waals surface area (Å²) in [6.07, 6.45) is 4.17. The first-order valence-electron chi connectivity index (χ1n) is 10.8. The van der Waals surface area contributed by atoms with Gasteiger partial charge in [0.1, 0.15) is 0 Å². The van der Waals surface area contributed by atoms with E-state index in [-0.39, 0.29) is 17.7 Å². The van der Waals surface area contributed by atoms with Gasteiger partial charge in [-0.05, 0) is 54.3 Å². The highest BCUT2D eigenvalue weighted by Crippen LogP contribution is 2.23. The molecule has 0 spiro atoms. The molecule has 1 aliphatic heterocycles. The molecule has 0 radical (unpaired) electrons. The van der Waals surface area contributed by atoms with Crippen LogP contribution in [0.3, 0.4) is 0 Å². The minimum Gasteiger partial charge on any atom is -0.341 e. The number of hydrogen-bond donors (Lipinski definition) is 0. The highest BCUT2D eigenvalue weighted by atomic mass is 16.2. The molecular formula is C26H27N3O2. The van der Waals surface area contributed by atoms with Gasteiger partial charge in [0.25, 0.3) is 5.91 Å². The van der Waals surface area contributed by atoms with Crippen molar-refractivity contribution in [2.45, 2.75) is 13.3 Å². The van der Waals surface area contributed by atoms with Crippen LogP contribution in [0.1, 0.15) is 22.8 Å². The van der Waals surface area contributed by atoms with Crippen molar-refractivity contribution in [3.8, 4) is 11.1 Å². The second kappa shape index (κ2) is 9.56. The molecule has 5 heteroatoms. The Morgan fingerprint density at radius 2 is 1.74 bits per heavy atom. The topological polar surface area (TPSA) is 53.5 Å². The molecule has 1 saturated heterocycles. The highest BCUT2D eigenvalue weighted by Gasteiger charge is 2.32. The zero-order chi connectivity index (χ0) is 21.6. The smallest absolute Gasteiger partial charge is 0.253 e. The van der Waals surface area contributed by atoms with Crippen molar-refractivity contribution in [1.29, 1.82) is 0 Å². The number of aromatic nitrogens is 1. The van der Waals surface area contributed by atoms with E-state index >= 15 is 0 Å². The summed E-state index contributed by atoms with van der Waals surface area (Å²) in [6.45, 7) is 4.21. The van der Waals surface area contributed by atoms with Gasteiger partial charge in [0.15, 0.2) is 0 Å². The first kappa shape index (κ1) is 20.8. The zero-order valence-electron chi connectivity index (χ0n) is 17.8. The van der Waals surface area contributed by atoms with E-state index in [1.165, 1.54) is 0 Å². The number of benzene rings is 2. The number of hydrogen-bond acceptors (Lipinski definition) is 3. The molecule has 0 saturated carbocycles. The summed E-state index contributed by atoms with van der Waals surface area (Å²) in [5.41, 5.74) is 3.96. The van der Waals surface area contributed by atoms with Crippen molar-refractivity contribution < 1.29 is 9.59 Å². The Kier molecular flexibility index (Phi) is 6.41. The molecule has 1 aromatic heterocycles. The van der Waals surface area contributed by atoms with Crippen LogP contribution in [0.2, 0.25) is 0 Å². The van der Waals surface area contributed by atoms with Gasteiger partial charge in [0, 0.05) is 44.1 Å². The lowest BCUT2D eigenvalue weighted by molar-refractivity contribution is -0.134. The van der Waals surface area contributed by atoms with Gasteiger partial charge in [-0.15, -0.1) is 0 Å². The fourth-order valence-electron chi connectivity index (χ4n) is 4.17. The maximum Gasteiger partial charge on any atom is 0.253 e. The Balaban J connectivity index is 1.57. The second-order valence-electron chi connectivity index (χ2n) is 7.87. The zero-order valence-corrected chi connectivity index (χ0v) is 17.8. The lowest BCUT2D eigenvalue weighted by atomic mass is 9.95. The van der Waals surface area contributed by atoms with Crippen LogP contribution < -0.4 is 0 Å². The molecule has 2 aromatic carbocycles. The summed E-state index contributed by atoms with van der Waals surface area (Å²) >= 11 is 0. The molecule has 3 aromatic rings. The number of nitrogens with zero attached hydrogens (tertiary/aromatic N) is 3. The average molecular weight is 414 g/mol. The quantitative estimate of drug-likeness (QED) is 0.637. The van der Waals surface area contributed by atoms with Gasteiger partial charge in [-0.1, -0.05) is 42.5 Å². The predicted molar refractivity (Wildman–Crippen MR) is 121 cm³/mol. The van der Waals surface area contributed by atoms with Crippen molar-refractivity contribution >= 4 is 11.8 Å². The molecule has 1 fully saturated rings. The van der Waals surface area contributed by atoms with E-state index in [0.717, 1.165) is 16.7 Å². The first-order chi connectivity index (χ1) is 15.2. The average Bonchev–Trinajstić information content (AvgIpc) is 2.98. The molecule has 31 heavy (non-hydrogen) atoms. The van der Waals surface area contributed by atoms with Crippen LogP contribution in [0.25, 0.3) is 11.1 Å². The molecule has 0 unspecified atom stereocenters. The van der Waals surface area contributed by atoms with Crippen LogP contribution in [-0.4, -0.2) is 52.8 Å². The van der Waals surface area contributed by atoms with Gasteiger partial charge in [-0.2, -0.15) is 0 Å². The normalized spacial score (nSPS) is 16.8. The summed E-state index contributed by atoms with van der Waals surface area (Å²) in [5, 5.41) is 0. The van der Waals surface area contributed by atoms with E-state index in [4.69, 9.17) is 0 Å². The fraction of sp³-hybridized carbons (Fsp3) is 0.269. The maximum atomic E-state index is 13.2. The summed E-state index contributed by atoms with van der Waals surface area (Å²) in [4.78, 5) is 34.1. The van der Waals surface area contributed by atoms with E-state index < -0.39 is 0 Å². The lowest BCUT2D eigenvalue weighted by Gasteiger charge is -2.24. The number of amides is 2. The number of rotatable bonds is 5. The van der Waals surface area contributed by atoms with Gasteiger partial charge in [-0.3, -0.25) is 14.6 Å². The number of pyridine rings is 1. The van der Waals surface area contributed by atoms with Gasteiger partial charge in [-0.25, -0.2) is 0 Å². The van der Waals surface area contributed by atoms with Gasteiger partial charge >= 0.3 is 0 Å². The first-order valence-corrected chi connectivity index (χ1v) is 10.8. The van der Waals surface area contributed by atoms with Crippen LogP contribution in [0.15, 0.2) is 79.1 Å². The van der Waals surface area contributed by atoms with Crippen LogP contribution >= 0.6 is 0 Å². The SMILES string of the molecule is CCN1CCN(C(=O)c2ccccc2)C[C@H](Cc2cccc(-c3ccncc3)c2)C1=O. The molecule has 2 amide bonds. The number of carbonyl (C=O) groups is 2. The molecule has 1 aliphatic rings. The second-order valence-corrected chi connectivity index (χ2v) is 7.87. The standard InChI is InChI=1S/C26H27N3O2/c1-2-28-15-16-29(25(30)22-8-4-3-5-9-22)19-24(26(28)31)18-20-7-6-10-23(17-20)21-11-13-27-14-12-21/h3-14,17,24H,2,15-16,18-19H2,1H3/t24-/m0/s1. The summed E-state index contributed by atoms with van der Waals surface area (Å²) in [5.74, 6) is -0.148. The minimum absolute atomic E-state index is 0.0121. The molecule has 4 rings (SSSR count). The third-order valence-electron chi connectivity index (χ3n) is 5.85. The van der Waals surface area contributed by atoms with Crippen molar-refractivity contribution in [2.24, 2.45) is 5.92 Å². The number of likely N-dealkylation sites (N-methyl/N-ethyl adjacent to an activating group) is 1. The van der Waals surface area contributed by atoms with Crippen molar-refractivity contribution in [1.82, 2.24) is 14.8 Å². The van der Waals surface area contributed by atoms with E-state index in [9.17, 15) is 9.59 Å². The van der Waals surface area contributed by atoms with E-state index in [2.05, 4.69) is 23.2 Å². The minimum atomic E-state index is -0.261. The largest absolute Gasteiger partial charge is 0.341 e. The van der Waals surface area contributed by atoms with Crippen molar-refractivity contribution in [3.05, 3.63) is 90.3 Å². The van der Waals surface area contributed by atoms with Crippen molar-refractivity contribution in [2.75, 3.05) is 26.2 Å². The highest BCUT2D eigenvalue weighted by molar-refractivity contribution is 5.94. The van der Waals surface area contributed by atoms with E-state index in [1.54, 1.807) is 12.4 Å². The van der Waals surface area contributed by atoms with Crippen LogP contribution in [0, 0.1) is 5.92 Å². The Morgan fingerprint density at radius 3 is 2.48 bits per heavy atom. The summed E-state index contributed by atoms with van der Waals surface area (Å²) < 4.78 is 0. The molecule has 0 bridgehead atoms. The molecular weight excluding hydrogens is 386 g/mol. The molecule has 5 nitrogen and oxygen atoms in total. The maximum absolute atomic E-state index is 13.2. The Morgan fingerprint density at radius 1 is 0.968 bits per heavy atom. The van der Waals surface area contributed by atoms with Crippen LogP contribution in [-0.2, 0) is 11.2 Å². The van der Waals surface area contributed by atoms with Crippen molar-refractivity contribution in [3.63, 3.8) is 0 Å². The van der Waals surface area contributed by atoms with E-state index in [1.807, 2.05) is 65.3 Å². The fourth-order valence-corrected chi connectivity index (χ4v) is 4.17. The number of carbonyl (C=O) groups excluding carboxylic acids is 2. The monoisotopic (exact) mass is 413 g/mol. The Bertz CT molecular complexity index is 1040. The van der Waals surface area contributed by atoms with Gasteiger partial charge < -0.3 is 9.80 Å². The van der Waals surface area contributed by atoms with Gasteiger partial charge in [0.2, 0.25) is 5.91 Å². The lowest BCUT2D eigenvalue weighted by Crippen LogP contribution is -2.37. The Labute approximate surface area is 183 Å². The van der Waals surface area contributed by atoms with Crippen LogP contribution in [0.5, 0.6) is 0 Å². The third kappa shape index (κ3) is 4.82. The molecule has 0 N–H and O–H groups in total. The van der Waals surface area contributed by atoms with Gasteiger partial charge in [0.05, 0.1) is 5.92 Å².